The van der Waals surface area contributed by atoms with Crippen LogP contribution in [0.2, 0.25) is 0 Å². The molecule has 128 valence electrons. The third-order valence-corrected chi connectivity index (χ3v) is 3.42. The summed E-state index contributed by atoms with van der Waals surface area (Å²) >= 11 is 0. The second-order valence-corrected chi connectivity index (χ2v) is 5.23. The van der Waals surface area contributed by atoms with Gasteiger partial charge in [0.1, 0.15) is 17.6 Å². The Morgan fingerprint density at radius 1 is 1.08 bits per heavy atom. The van der Waals surface area contributed by atoms with Crippen molar-refractivity contribution in [3.8, 4) is 6.07 Å². The van der Waals surface area contributed by atoms with E-state index in [1.807, 2.05) is 6.07 Å². The van der Waals surface area contributed by atoms with E-state index in [1.54, 1.807) is 18.2 Å². The number of anilines is 2. The minimum Gasteiger partial charge on any atom is -0.364 e. The molecular formula is C18H13FN6O. The van der Waals surface area contributed by atoms with E-state index < -0.39 is 5.91 Å². The van der Waals surface area contributed by atoms with Crippen molar-refractivity contribution in [1.29, 1.82) is 5.26 Å². The number of rotatable bonds is 5. The molecule has 3 rings (SSSR count). The average molecular weight is 348 g/mol. The number of hydrogen-bond donors (Lipinski definition) is 2. The van der Waals surface area contributed by atoms with E-state index >= 15 is 0 Å². The molecule has 0 radical (unpaired) electrons. The lowest BCUT2D eigenvalue weighted by molar-refractivity contribution is 0.102. The average Bonchev–Trinajstić information content (AvgIpc) is 2.68. The highest BCUT2D eigenvalue weighted by Gasteiger charge is 2.14. The molecule has 0 spiro atoms. The van der Waals surface area contributed by atoms with Gasteiger partial charge in [0.05, 0.1) is 11.9 Å². The second kappa shape index (κ2) is 7.81. The Balaban J connectivity index is 1.72. The summed E-state index contributed by atoms with van der Waals surface area (Å²) in [6.07, 6.45) is 4.26. The largest absolute Gasteiger partial charge is 0.364 e. The molecule has 2 heterocycles. The molecule has 1 amide bonds. The molecule has 0 unspecified atom stereocenters. The zero-order valence-corrected chi connectivity index (χ0v) is 13.5. The van der Waals surface area contributed by atoms with Gasteiger partial charge in [-0.15, -0.1) is 0 Å². The number of nitrogens with one attached hydrogen (secondary N) is 2. The van der Waals surface area contributed by atoms with E-state index in [9.17, 15) is 9.18 Å². The summed E-state index contributed by atoms with van der Waals surface area (Å²) in [5, 5.41) is 14.4. The van der Waals surface area contributed by atoms with Crippen LogP contribution in [-0.2, 0) is 6.54 Å². The fraction of sp³-hybridized carbons (Fsp3) is 0.0556. The van der Waals surface area contributed by atoms with Crippen LogP contribution < -0.4 is 10.6 Å². The van der Waals surface area contributed by atoms with Crippen molar-refractivity contribution in [2.75, 3.05) is 10.6 Å². The van der Waals surface area contributed by atoms with Crippen molar-refractivity contribution in [3.63, 3.8) is 0 Å². The molecular weight excluding hydrogens is 335 g/mol. The number of aromatic nitrogens is 3. The number of hydrogen-bond acceptors (Lipinski definition) is 6. The highest BCUT2D eigenvalue weighted by Crippen LogP contribution is 2.14. The van der Waals surface area contributed by atoms with E-state index in [2.05, 4.69) is 25.6 Å². The first-order valence-electron chi connectivity index (χ1n) is 7.62. The smallest absolute Gasteiger partial charge is 0.278 e. The van der Waals surface area contributed by atoms with Crippen LogP contribution in [0.25, 0.3) is 0 Å². The van der Waals surface area contributed by atoms with Gasteiger partial charge in [-0.25, -0.2) is 19.3 Å². The van der Waals surface area contributed by atoms with Crippen LogP contribution in [0.1, 0.15) is 21.7 Å². The summed E-state index contributed by atoms with van der Waals surface area (Å²) in [5.74, 6) is -0.480. The van der Waals surface area contributed by atoms with Gasteiger partial charge in [0.25, 0.3) is 5.91 Å². The topological polar surface area (TPSA) is 104 Å². The van der Waals surface area contributed by atoms with Crippen molar-refractivity contribution < 1.29 is 9.18 Å². The summed E-state index contributed by atoms with van der Waals surface area (Å²) in [6.45, 7) is 0.359. The second-order valence-electron chi connectivity index (χ2n) is 5.23. The highest BCUT2D eigenvalue weighted by molar-refractivity contribution is 6.05. The number of pyridine rings is 1. The first-order chi connectivity index (χ1) is 12.7. The molecule has 8 heteroatoms. The summed E-state index contributed by atoms with van der Waals surface area (Å²) in [5.41, 5.74) is 1.63. The van der Waals surface area contributed by atoms with E-state index in [0.717, 1.165) is 5.56 Å². The van der Waals surface area contributed by atoms with Crippen LogP contribution in [0.4, 0.5) is 15.9 Å². The molecule has 0 aliphatic rings. The third-order valence-electron chi connectivity index (χ3n) is 3.42. The van der Waals surface area contributed by atoms with Gasteiger partial charge in [0.15, 0.2) is 11.5 Å². The molecule has 1 aromatic carbocycles. The van der Waals surface area contributed by atoms with Gasteiger partial charge in [0, 0.05) is 18.9 Å². The molecule has 0 atom stereocenters. The summed E-state index contributed by atoms with van der Waals surface area (Å²) in [6, 6.07) is 11.0. The normalized spacial score (nSPS) is 10.0. The zero-order valence-electron chi connectivity index (χ0n) is 13.5. The molecule has 0 aliphatic carbocycles. The van der Waals surface area contributed by atoms with E-state index in [1.165, 1.54) is 36.8 Å². The fourth-order valence-electron chi connectivity index (χ4n) is 2.15. The SMILES string of the molecule is N#Cc1ccc(NC(=O)c2nccnc2NCc2ccc(F)cc2)cn1. The molecule has 2 N–H and O–H groups in total. The van der Waals surface area contributed by atoms with Crippen LogP contribution in [0.5, 0.6) is 0 Å². The first kappa shape index (κ1) is 17.0. The maximum Gasteiger partial charge on any atom is 0.278 e. The quantitative estimate of drug-likeness (QED) is 0.735. The van der Waals surface area contributed by atoms with Gasteiger partial charge < -0.3 is 10.6 Å². The highest BCUT2D eigenvalue weighted by atomic mass is 19.1. The van der Waals surface area contributed by atoms with Gasteiger partial charge in [-0.1, -0.05) is 12.1 Å². The van der Waals surface area contributed by atoms with Gasteiger partial charge in [-0.3, -0.25) is 4.79 Å². The number of halogens is 1. The van der Waals surface area contributed by atoms with Gasteiger partial charge in [0.2, 0.25) is 0 Å². The molecule has 0 saturated carbocycles. The minimum absolute atomic E-state index is 0.110. The maximum absolute atomic E-state index is 13.0. The summed E-state index contributed by atoms with van der Waals surface area (Å²) < 4.78 is 13.0. The van der Waals surface area contributed by atoms with Crippen molar-refractivity contribution in [1.82, 2.24) is 15.0 Å². The molecule has 2 aromatic heterocycles. The number of amides is 1. The van der Waals surface area contributed by atoms with E-state index in [-0.39, 0.29) is 17.2 Å². The number of benzene rings is 1. The standard InChI is InChI=1S/C18H13FN6O/c19-13-3-1-12(2-4-13)10-24-17-16(21-7-8-22-17)18(26)25-15-6-5-14(9-20)23-11-15/h1-8,11H,10H2,(H,22,24)(H,25,26). The van der Waals surface area contributed by atoms with E-state index in [0.29, 0.717) is 18.1 Å². The maximum atomic E-state index is 13.0. The third kappa shape index (κ3) is 4.15. The number of nitriles is 1. The Hall–Kier alpha value is -3.86. The lowest BCUT2D eigenvalue weighted by Crippen LogP contribution is -2.17. The predicted octanol–water partition coefficient (Wildman–Crippen LogP) is 2.75. The van der Waals surface area contributed by atoms with Crippen LogP contribution in [0.15, 0.2) is 55.0 Å². The fourth-order valence-corrected chi connectivity index (χ4v) is 2.15. The molecule has 0 aliphatic heterocycles. The monoisotopic (exact) mass is 348 g/mol. The van der Waals surface area contributed by atoms with Gasteiger partial charge in [-0.05, 0) is 29.8 Å². The Morgan fingerprint density at radius 2 is 1.85 bits per heavy atom. The Labute approximate surface area is 148 Å². The predicted molar refractivity (Wildman–Crippen MR) is 92.7 cm³/mol. The number of carbonyl (C=O) groups is 1. The lowest BCUT2D eigenvalue weighted by atomic mass is 10.2. The molecule has 0 fully saturated rings. The Bertz CT molecular complexity index is 951. The summed E-state index contributed by atoms with van der Waals surface area (Å²) in [7, 11) is 0. The van der Waals surface area contributed by atoms with E-state index in [4.69, 9.17) is 5.26 Å². The summed E-state index contributed by atoms with van der Waals surface area (Å²) in [4.78, 5) is 24.5. The molecule has 3 aromatic rings. The van der Waals surface area contributed by atoms with Gasteiger partial charge in [-0.2, -0.15) is 5.26 Å². The van der Waals surface area contributed by atoms with Crippen molar-refractivity contribution in [2.24, 2.45) is 0 Å². The molecule has 7 nitrogen and oxygen atoms in total. The Morgan fingerprint density at radius 3 is 2.54 bits per heavy atom. The van der Waals surface area contributed by atoms with Crippen LogP contribution in [0, 0.1) is 17.1 Å². The number of nitrogens with zero attached hydrogens (tertiary/aromatic N) is 4. The molecule has 0 saturated heterocycles. The van der Waals surface area contributed by atoms with Crippen molar-refractivity contribution in [2.45, 2.75) is 6.54 Å². The zero-order chi connectivity index (χ0) is 18.4. The van der Waals surface area contributed by atoms with Gasteiger partial charge >= 0.3 is 0 Å². The Kier molecular flexibility index (Phi) is 5.10. The van der Waals surface area contributed by atoms with Crippen molar-refractivity contribution in [3.05, 3.63) is 77.8 Å². The van der Waals surface area contributed by atoms with Crippen LogP contribution >= 0.6 is 0 Å². The molecule has 26 heavy (non-hydrogen) atoms. The molecule has 0 bridgehead atoms. The van der Waals surface area contributed by atoms with Crippen LogP contribution in [0.3, 0.4) is 0 Å². The number of carbonyl (C=O) groups excluding carboxylic acids is 1. The first-order valence-corrected chi connectivity index (χ1v) is 7.62. The van der Waals surface area contributed by atoms with Crippen LogP contribution in [-0.4, -0.2) is 20.9 Å². The van der Waals surface area contributed by atoms with Crippen molar-refractivity contribution >= 4 is 17.4 Å². The minimum atomic E-state index is -0.466. The lowest BCUT2D eigenvalue weighted by Gasteiger charge is -2.10.